The van der Waals surface area contributed by atoms with Crippen LogP contribution in [-0.4, -0.2) is 29.2 Å². The summed E-state index contributed by atoms with van der Waals surface area (Å²) in [6.07, 6.45) is 2.16. The third kappa shape index (κ3) is 3.76. The Bertz CT molecular complexity index is 464. The van der Waals surface area contributed by atoms with Crippen molar-refractivity contribution in [3.05, 3.63) is 24.2 Å². The normalized spacial score (nSPS) is 12.0. The van der Waals surface area contributed by atoms with Crippen molar-refractivity contribution < 1.29 is 19.1 Å². The first-order chi connectivity index (χ1) is 9.17. The van der Waals surface area contributed by atoms with Crippen LogP contribution >= 0.6 is 0 Å². The van der Waals surface area contributed by atoms with Crippen LogP contribution in [-0.2, 0) is 11.2 Å². The van der Waals surface area contributed by atoms with Crippen molar-refractivity contribution in [2.75, 3.05) is 6.54 Å². The highest BCUT2D eigenvalue weighted by molar-refractivity contribution is 5.79. The standard InChI is InChI=1S/C14H22N2O4/c1-13(2,11(17)18)14(3,4)16-12(19)15-8-7-10-6-5-9-20-10/h5-6,9H,7-8H2,1-4H3,(H,17,18)(H2,15,16,19). The van der Waals surface area contributed by atoms with Crippen molar-refractivity contribution in [1.29, 1.82) is 0 Å². The molecule has 0 radical (unpaired) electrons. The first kappa shape index (κ1) is 16.1. The Morgan fingerprint density at radius 2 is 1.95 bits per heavy atom. The number of rotatable bonds is 6. The molecule has 0 saturated carbocycles. The minimum Gasteiger partial charge on any atom is -0.481 e. The van der Waals surface area contributed by atoms with E-state index >= 15 is 0 Å². The predicted molar refractivity (Wildman–Crippen MR) is 74.4 cm³/mol. The highest BCUT2D eigenvalue weighted by Gasteiger charge is 2.44. The highest BCUT2D eigenvalue weighted by Crippen LogP contribution is 2.30. The lowest BCUT2D eigenvalue weighted by atomic mass is 9.74. The van der Waals surface area contributed by atoms with E-state index in [1.807, 2.05) is 6.07 Å². The highest BCUT2D eigenvalue weighted by atomic mass is 16.4. The predicted octanol–water partition coefficient (Wildman–Crippen LogP) is 2.01. The van der Waals surface area contributed by atoms with Crippen LogP contribution in [0.5, 0.6) is 0 Å². The van der Waals surface area contributed by atoms with Crippen LogP contribution < -0.4 is 10.6 Å². The van der Waals surface area contributed by atoms with E-state index in [0.717, 1.165) is 5.76 Å². The molecule has 0 aliphatic rings. The molecule has 2 amide bonds. The van der Waals surface area contributed by atoms with Gasteiger partial charge in [-0.15, -0.1) is 0 Å². The van der Waals surface area contributed by atoms with Crippen molar-refractivity contribution in [2.45, 2.75) is 39.7 Å². The van der Waals surface area contributed by atoms with Crippen molar-refractivity contribution in [3.63, 3.8) is 0 Å². The van der Waals surface area contributed by atoms with Gasteiger partial charge in [0.2, 0.25) is 0 Å². The molecule has 0 aliphatic heterocycles. The molecule has 1 heterocycles. The molecule has 20 heavy (non-hydrogen) atoms. The third-order valence-electron chi connectivity index (χ3n) is 3.76. The molecule has 6 heteroatoms. The van der Waals surface area contributed by atoms with Crippen LogP contribution in [0, 0.1) is 5.41 Å². The Morgan fingerprint density at radius 3 is 2.45 bits per heavy atom. The lowest BCUT2D eigenvalue weighted by molar-refractivity contribution is -0.150. The van der Waals surface area contributed by atoms with Crippen LogP contribution in [0.15, 0.2) is 22.8 Å². The van der Waals surface area contributed by atoms with Crippen molar-refractivity contribution in [2.24, 2.45) is 5.41 Å². The molecular formula is C14H22N2O4. The lowest BCUT2D eigenvalue weighted by Crippen LogP contribution is -2.59. The van der Waals surface area contributed by atoms with Gasteiger partial charge in [0, 0.05) is 13.0 Å². The molecule has 0 unspecified atom stereocenters. The van der Waals surface area contributed by atoms with E-state index in [-0.39, 0.29) is 0 Å². The Morgan fingerprint density at radius 1 is 1.30 bits per heavy atom. The molecule has 112 valence electrons. The molecule has 0 bridgehead atoms. The van der Waals surface area contributed by atoms with Gasteiger partial charge in [-0.1, -0.05) is 0 Å². The summed E-state index contributed by atoms with van der Waals surface area (Å²) in [6, 6.07) is 3.22. The number of carbonyl (C=O) groups is 2. The maximum Gasteiger partial charge on any atom is 0.315 e. The molecule has 6 nitrogen and oxygen atoms in total. The Balaban J connectivity index is 2.47. The number of amides is 2. The maximum absolute atomic E-state index is 11.8. The number of aliphatic carboxylic acids is 1. The fourth-order valence-electron chi connectivity index (χ4n) is 1.51. The number of furan rings is 1. The summed E-state index contributed by atoms with van der Waals surface area (Å²) in [5, 5.41) is 14.6. The van der Waals surface area contributed by atoms with Crippen molar-refractivity contribution >= 4 is 12.0 Å². The second kappa shape index (κ2) is 5.98. The Labute approximate surface area is 118 Å². The van der Waals surface area contributed by atoms with Gasteiger partial charge in [-0.25, -0.2) is 4.79 Å². The molecule has 0 aliphatic carbocycles. The summed E-state index contributed by atoms with van der Waals surface area (Å²) < 4.78 is 5.15. The van der Waals surface area contributed by atoms with Gasteiger partial charge in [-0.05, 0) is 39.8 Å². The van der Waals surface area contributed by atoms with E-state index in [2.05, 4.69) is 10.6 Å². The van der Waals surface area contributed by atoms with Gasteiger partial charge >= 0.3 is 12.0 Å². The van der Waals surface area contributed by atoms with E-state index in [1.54, 1.807) is 40.0 Å². The average molecular weight is 282 g/mol. The molecular weight excluding hydrogens is 260 g/mol. The molecule has 1 aromatic rings. The zero-order valence-electron chi connectivity index (χ0n) is 12.3. The number of hydrogen-bond donors (Lipinski definition) is 3. The summed E-state index contributed by atoms with van der Waals surface area (Å²) in [5.41, 5.74) is -1.96. The minimum absolute atomic E-state index is 0.393. The zero-order chi connectivity index (χ0) is 15.4. The van der Waals surface area contributed by atoms with Crippen molar-refractivity contribution in [3.8, 4) is 0 Å². The van der Waals surface area contributed by atoms with Crippen LogP contribution in [0.4, 0.5) is 4.79 Å². The molecule has 1 aromatic heterocycles. The van der Waals surface area contributed by atoms with Crippen LogP contribution in [0.1, 0.15) is 33.5 Å². The summed E-state index contributed by atoms with van der Waals surface area (Å²) in [6.45, 7) is 6.96. The quantitative estimate of drug-likeness (QED) is 0.744. The monoisotopic (exact) mass is 282 g/mol. The Hall–Kier alpha value is -1.98. The van der Waals surface area contributed by atoms with Crippen LogP contribution in [0.25, 0.3) is 0 Å². The first-order valence-corrected chi connectivity index (χ1v) is 6.48. The molecule has 1 rings (SSSR count). The Kier molecular flexibility index (Phi) is 4.81. The smallest absolute Gasteiger partial charge is 0.315 e. The fraction of sp³-hybridized carbons (Fsp3) is 0.571. The zero-order valence-corrected chi connectivity index (χ0v) is 12.3. The topological polar surface area (TPSA) is 91.6 Å². The summed E-state index contributed by atoms with van der Waals surface area (Å²) >= 11 is 0. The van der Waals surface area contributed by atoms with E-state index in [1.165, 1.54) is 0 Å². The van der Waals surface area contributed by atoms with Gasteiger partial charge in [0.1, 0.15) is 5.76 Å². The molecule has 0 fully saturated rings. The van der Waals surface area contributed by atoms with Gasteiger partial charge in [0.25, 0.3) is 0 Å². The number of urea groups is 1. The third-order valence-corrected chi connectivity index (χ3v) is 3.76. The van der Waals surface area contributed by atoms with Gasteiger partial charge in [0.05, 0.1) is 17.2 Å². The number of carboxylic acid groups (broad SMARTS) is 1. The summed E-state index contributed by atoms with van der Waals surface area (Å²) in [4.78, 5) is 23.0. The number of hydrogen-bond acceptors (Lipinski definition) is 3. The molecule has 0 saturated heterocycles. The molecule has 0 aromatic carbocycles. The van der Waals surface area contributed by atoms with E-state index in [9.17, 15) is 14.7 Å². The van der Waals surface area contributed by atoms with Crippen LogP contribution in [0.3, 0.4) is 0 Å². The summed E-state index contributed by atoms with van der Waals surface area (Å²) in [5.74, 6) is -0.172. The minimum atomic E-state index is -1.08. The van der Waals surface area contributed by atoms with Gasteiger partial charge in [-0.3, -0.25) is 4.79 Å². The second-order valence-corrected chi connectivity index (χ2v) is 5.77. The molecule has 0 atom stereocenters. The molecule has 0 spiro atoms. The second-order valence-electron chi connectivity index (χ2n) is 5.77. The first-order valence-electron chi connectivity index (χ1n) is 6.48. The van der Waals surface area contributed by atoms with Gasteiger partial charge in [-0.2, -0.15) is 0 Å². The average Bonchev–Trinajstić information content (AvgIpc) is 2.80. The van der Waals surface area contributed by atoms with Gasteiger partial charge < -0.3 is 20.2 Å². The SMILES string of the molecule is CC(C)(NC(=O)NCCc1ccco1)C(C)(C)C(=O)O. The number of carboxylic acids is 1. The van der Waals surface area contributed by atoms with E-state index < -0.39 is 23.0 Å². The largest absolute Gasteiger partial charge is 0.481 e. The maximum atomic E-state index is 11.8. The van der Waals surface area contributed by atoms with Crippen LogP contribution in [0.2, 0.25) is 0 Å². The number of nitrogens with one attached hydrogen (secondary N) is 2. The van der Waals surface area contributed by atoms with Crippen molar-refractivity contribution in [1.82, 2.24) is 10.6 Å². The van der Waals surface area contributed by atoms with Gasteiger partial charge in [0.15, 0.2) is 0 Å². The number of carbonyl (C=O) groups excluding carboxylic acids is 1. The molecule has 3 N–H and O–H groups in total. The fourth-order valence-corrected chi connectivity index (χ4v) is 1.51. The van der Waals surface area contributed by atoms with E-state index in [0.29, 0.717) is 13.0 Å². The lowest BCUT2D eigenvalue weighted by Gasteiger charge is -2.38. The summed E-state index contributed by atoms with van der Waals surface area (Å²) in [7, 11) is 0. The van der Waals surface area contributed by atoms with E-state index in [4.69, 9.17) is 4.42 Å².